The molecule has 1 saturated heterocycles. The number of carbonyl (C=O) groups is 1. The summed E-state index contributed by atoms with van der Waals surface area (Å²) in [6, 6.07) is 7.02. The first-order valence-corrected chi connectivity index (χ1v) is 7.08. The minimum absolute atomic E-state index is 0.104. The van der Waals surface area contributed by atoms with Crippen molar-refractivity contribution in [3.63, 3.8) is 0 Å². The van der Waals surface area contributed by atoms with E-state index in [9.17, 15) is 9.90 Å². The number of aliphatic hydroxyl groups excluding tert-OH is 1. The Hall–Kier alpha value is -1.79. The van der Waals surface area contributed by atoms with Gasteiger partial charge in [0.1, 0.15) is 17.6 Å². The normalized spacial score (nSPS) is 22.6. The van der Waals surface area contributed by atoms with E-state index in [0.717, 1.165) is 5.75 Å². The van der Waals surface area contributed by atoms with Crippen LogP contribution in [0.25, 0.3) is 0 Å². The summed E-state index contributed by atoms with van der Waals surface area (Å²) in [5.74, 6) is 1.33. The Balaban J connectivity index is 1.76. The number of ether oxygens (including phenoxy) is 2. The summed E-state index contributed by atoms with van der Waals surface area (Å²) in [5.41, 5.74) is 0. The number of rotatable bonds is 6. The molecular weight excluding hydrogens is 272 g/mol. The fraction of sp³-hybridized carbons (Fsp3) is 0.533. The minimum Gasteiger partial charge on any atom is -0.497 e. The van der Waals surface area contributed by atoms with Gasteiger partial charge in [-0.3, -0.25) is 4.79 Å². The zero-order chi connectivity index (χ0) is 15.2. The van der Waals surface area contributed by atoms with Crippen molar-refractivity contribution in [2.45, 2.75) is 31.6 Å². The smallest absolute Gasteiger partial charge is 0.237 e. The lowest BCUT2D eigenvalue weighted by Gasteiger charge is -2.17. The SMILES string of the molecule is COc1cccc(OC(C)CNC(=O)C2CC(O)CN2)c1. The van der Waals surface area contributed by atoms with Crippen LogP contribution in [0.3, 0.4) is 0 Å². The first-order valence-electron chi connectivity index (χ1n) is 7.08. The fourth-order valence-corrected chi connectivity index (χ4v) is 2.23. The largest absolute Gasteiger partial charge is 0.497 e. The van der Waals surface area contributed by atoms with E-state index in [2.05, 4.69) is 10.6 Å². The van der Waals surface area contributed by atoms with Crippen LogP contribution in [-0.2, 0) is 4.79 Å². The molecule has 3 N–H and O–H groups in total. The highest BCUT2D eigenvalue weighted by molar-refractivity contribution is 5.82. The number of carbonyl (C=O) groups excluding carboxylic acids is 1. The number of methoxy groups -OCH3 is 1. The summed E-state index contributed by atoms with van der Waals surface area (Å²) in [7, 11) is 1.60. The molecule has 0 bridgehead atoms. The molecule has 6 heteroatoms. The van der Waals surface area contributed by atoms with Gasteiger partial charge in [0.05, 0.1) is 25.8 Å². The van der Waals surface area contributed by atoms with Crippen molar-refractivity contribution in [3.05, 3.63) is 24.3 Å². The highest BCUT2D eigenvalue weighted by Crippen LogP contribution is 2.19. The molecule has 1 aromatic carbocycles. The molecule has 6 nitrogen and oxygen atoms in total. The van der Waals surface area contributed by atoms with Crippen LogP contribution in [0, 0.1) is 0 Å². The van der Waals surface area contributed by atoms with Crippen molar-refractivity contribution in [2.24, 2.45) is 0 Å². The molecule has 1 fully saturated rings. The van der Waals surface area contributed by atoms with Gasteiger partial charge in [0.25, 0.3) is 0 Å². The molecule has 0 saturated carbocycles. The lowest BCUT2D eigenvalue weighted by Crippen LogP contribution is -2.43. The van der Waals surface area contributed by atoms with E-state index in [-0.39, 0.29) is 18.1 Å². The number of aliphatic hydroxyl groups is 1. The van der Waals surface area contributed by atoms with E-state index in [1.54, 1.807) is 13.2 Å². The van der Waals surface area contributed by atoms with Crippen molar-refractivity contribution in [3.8, 4) is 11.5 Å². The van der Waals surface area contributed by atoms with Gasteiger partial charge in [-0.25, -0.2) is 0 Å². The topological polar surface area (TPSA) is 79.8 Å². The van der Waals surface area contributed by atoms with Crippen molar-refractivity contribution in [1.82, 2.24) is 10.6 Å². The summed E-state index contributed by atoms with van der Waals surface area (Å²) >= 11 is 0. The van der Waals surface area contributed by atoms with E-state index < -0.39 is 6.10 Å². The third-order valence-corrected chi connectivity index (χ3v) is 3.37. The Morgan fingerprint density at radius 1 is 1.52 bits per heavy atom. The minimum atomic E-state index is -0.439. The first kappa shape index (κ1) is 15.6. The second-order valence-electron chi connectivity index (χ2n) is 5.20. The molecule has 0 radical (unpaired) electrons. The molecule has 1 amide bonds. The van der Waals surface area contributed by atoms with Crippen LogP contribution in [0.4, 0.5) is 0 Å². The van der Waals surface area contributed by atoms with Gasteiger partial charge in [0.15, 0.2) is 0 Å². The third kappa shape index (κ3) is 4.61. The van der Waals surface area contributed by atoms with Crippen molar-refractivity contribution in [1.29, 1.82) is 0 Å². The zero-order valence-corrected chi connectivity index (χ0v) is 12.3. The second kappa shape index (κ2) is 7.28. The van der Waals surface area contributed by atoms with Gasteiger partial charge < -0.3 is 25.2 Å². The van der Waals surface area contributed by atoms with Gasteiger partial charge in [-0.1, -0.05) is 6.07 Å². The average molecular weight is 294 g/mol. The van der Waals surface area contributed by atoms with Gasteiger partial charge in [-0.15, -0.1) is 0 Å². The molecule has 1 aromatic rings. The number of amides is 1. The van der Waals surface area contributed by atoms with Crippen LogP contribution in [0.2, 0.25) is 0 Å². The van der Waals surface area contributed by atoms with Crippen LogP contribution in [0.5, 0.6) is 11.5 Å². The average Bonchev–Trinajstić information content (AvgIpc) is 2.91. The van der Waals surface area contributed by atoms with Crippen LogP contribution < -0.4 is 20.1 Å². The highest BCUT2D eigenvalue weighted by atomic mass is 16.5. The van der Waals surface area contributed by atoms with E-state index in [1.807, 2.05) is 25.1 Å². The summed E-state index contributed by atoms with van der Waals surface area (Å²) in [6.07, 6.45) is -0.143. The molecule has 21 heavy (non-hydrogen) atoms. The Labute approximate surface area is 124 Å². The summed E-state index contributed by atoms with van der Waals surface area (Å²) in [4.78, 5) is 11.9. The maximum atomic E-state index is 11.9. The highest BCUT2D eigenvalue weighted by Gasteiger charge is 2.27. The molecule has 3 atom stereocenters. The molecule has 3 unspecified atom stereocenters. The molecule has 2 rings (SSSR count). The maximum absolute atomic E-state index is 11.9. The van der Waals surface area contributed by atoms with Gasteiger partial charge in [0.2, 0.25) is 5.91 Å². The molecule has 0 aromatic heterocycles. The van der Waals surface area contributed by atoms with Gasteiger partial charge in [0, 0.05) is 12.6 Å². The summed E-state index contributed by atoms with van der Waals surface area (Å²) < 4.78 is 10.9. The number of benzene rings is 1. The maximum Gasteiger partial charge on any atom is 0.237 e. The number of nitrogens with one attached hydrogen (secondary N) is 2. The second-order valence-corrected chi connectivity index (χ2v) is 5.20. The lowest BCUT2D eigenvalue weighted by atomic mass is 10.2. The lowest BCUT2D eigenvalue weighted by molar-refractivity contribution is -0.123. The van der Waals surface area contributed by atoms with Crippen LogP contribution in [-0.4, -0.2) is 49.5 Å². The van der Waals surface area contributed by atoms with E-state index >= 15 is 0 Å². The van der Waals surface area contributed by atoms with Crippen LogP contribution >= 0.6 is 0 Å². The molecule has 1 aliphatic heterocycles. The predicted octanol–water partition coefficient (Wildman–Crippen LogP) is 0.301. The molecular formula is C15H22N2O4. The molecule has 0 aliphatic carbocycles. The fourth-order valence-electron chi connectivity index (χ4n) is 2.23. The molecule has 116 valence electrons. The van der Waals surface area contributed by atoms with Crippen molar-refractivity contribution < 1.29 is 19.4 Å². The zero-order valence-electron chi connectivity index (χ0n) is 12.3. The van der Waals surface area contributed by atoms with Gasteiger partial charge in [-0.2, -0.15) is 0 Å². The van der Waals surface area contributed by atoms with Crippen molar-refractivity contribution in [2.75, 3.05) is 20.2 Å². The third-order valence-electron chi connectivity index (χ3n) is 3.37. The molecule has 1 aliphatic rings. The quantitative estimate of drug-likeness (QED) is 0.703. The van der Waals surface area contributed by atoms with Gasteiger partial charge >= 0.3 is 0 Å². The summed E-state index contributed by atoms with van der Waals surface area (Å²) in [5, 5.41) is 15.2. The van der Waals surface area contributed by atoms with Crippen molar-refractivity contribution >= 4 is 5.91 Å². The number of hydrogen-bond donors (Lipinski definition) is 3. The monoisotopic (exact) mass is 294 g/mol. The number of hydrogen-bond acceptors (Lipinski definition) is 5. The Kier molecular flexibility index (Phi) is 5.41. The van der Waals surface area contributed by atoms with E-state index in [4.69, 9.17) is 9.47 Å². The Morgan fingerprint density at radius 2 is 2.29 bits per heavy atom. The molecule has 0 spiro atoms. The number of β-amino-alcohol motifs (C(OH)–C–C–N with tert-alkyl or cyclic N) is 1. The van der Waals surface area contributed by atoms with E-state index in [1.165, 1.54) is 0 Å². The predicted molar refractivity (Wildman–Crippen MR) is 78.5 cm³/mol. The van der Waals surface area contributed by atoms with Crippen LogP contribution in [0.1, 0.15) is 13.3 Å². The summed E-state index contributed by atoms with van der Waals surface area (Å²) in [6.45, 7) is 2.76. The standard InChI is InChI=1S/C15H22N2O4/c1-10(21-13-5-3-4-12(7-13)20-2)8-17-15(19)14-6-11(18)9-16-14/h3-5,7,10-11,14,16,18H,6,8-9H2,1-2H3,(H,17,19). The Morgan fingerprint density at radius 3 is 2.95 bits per heavy atom. The first-order chi connectivity index (χ1) is 10.1. The Bertz CT molecular complexity index is 480. The van der Waals surface area contributed by atoms with Gasteiger partial charge in [-0.05, 0) is 25.5 Å². The van der Waals surface area contributed by atoms with E-state index in [0.29, 0.717) is 25.3 Å². The van der Waals surface area contributed by atoms with Crippen LogP contribution in [0.15, 0.2) is 24.3 Å². The molecule has 1 heterocycles.